The van der Waals surface area contributed by atoms with Gasteiger partial charge in [0.05, 0.1) is 13.2 Å². The second-order valence-corrected chi connectivity index (χ2v) is 5.48. The number of nitrogens with zero attached hydrogens (tertiary/aromatic N) is 2. The van der Waals surface area contributed by atoms with Crippen molar-refractivity contribution in [3.63, 3.8) is 0 Å². The van der Waals surface area contributed by atoms with Crippen LogP contribution in [-0.4, -0.2) is 73.7 Å². The molecule has 1 amide bonds. The standard InChI is InChI=1S/C12H20N2O4/c1-13-4-3-9(5-13)6-14(2)10(15)12(11(16)17)7-18-8-12/h9H,3-8H2,1-2H3,(H,16,17). The molecule has 18 heavy (non-hydrogen) atoms. The van der Waals surface area contributed by atoms with Crippen molar-refractivity contribution >= 4 is 11.9 Å². The number of carboxylic acids is 1. The summed E-state index contributed by atoms with van der Waals surface area (Å²) in [5.74, 6) is -0.958. The zero-order chi connectivity index (χ0) is 13.3. The van der Waals surface area contributed by atoms with Crippen LogP contribution in [-0.2, 0) is 14.3 Å². The molecule has 0 aromatic rings. The predicted molar refractivity (Wildman–Crippen MR) is 64.1 cm³/mol. The third-order valence-corrected chi connectivity index (χ3v) is 3.88. The number of likely N-dealkylation sites (tertiary alicyclic amines) is 1. The Hall–Kier alpha value is -1.14. The molecule has 0 aromatic carbocycles. The molecule has 1 atom stereocenters. The van der Waals surface area contributed by atoms with Crippen molar-refractivity contribution in [3.05, 3.63) is 0 Å². The smallest absolute Gasteiger partial charge is 0.324 e. The summed E-state index contributed by atoms with van der Waals surface area (Å²) in [5, 5.41) is 9.17. The fourth-order valence-corrected chi connectivity index (χ4v) is 2.66. The van der Waals surface area contributed by atoms with Gasteiger partial charge in [-0.25, -0.2) is 0 Å². The van der Waals surface area contributed by atoms with E-state index >= 15 is 0 Å². The maximum atomic E-state index is 12.2. The fraction of sp³-hybridized carbons (Fsp3) is 0.833. The summed E-state index contributed by atoms with van der Waals surface area (Å²) in [7, 11) is 3.74. The van der Waals surface area contributed by atoms with Crippen LogP contribution in [0.15, 0.2) is 0 Å². The van der Waals surface area contributed by atoms with Gasteiger partial charge in [0.2, 0.25) is 5.91 Å². The number of aliphatic carboxylic acids is 1. The van der Waals surface area contributed by atoms with Gasteiger partial charge in [-0.1, -0.05) is 0 Å². The number of hydrogen-bond acceptors (Lipinski definition) is 4. The number of carbonyl (C=O) groups is 2. The molecule has 0 aromatic heterocycles. The lowest BCUT2D eigenvalue weighted by atomic mass is 9.84. The molecule has 1 unspecified atom stereocenters. The highest BCUT2D eigenvalue weighted by atomic mass is 16.5. The van der Waals surface area contributed by atoms with E-state index in [4.69, 9.17) is 4.74 Å². The van der Waals surface area contributed by atoms with Crippen molar-refractivity contribution in [2.75, 3.05) is 46.9 Å². The largest absolute Gasteiger partial charge is 0.480 e. The van der Waals surface area contributed by atoms with Gasteiger partial charge in [-0.2, -0.15) is 0 Å². The topological polar surface area (TPSA) is 70.1 Å². The molecule has 0 radical (unpaired) electrons. The van der Waals surface area contributed by atoms with Crippen molar-refractivity contribution in [1.29, 1.82) is 0 Å². The van der Waals surface area contributed by atoms with E-state index in [1.54, 1.807) is 11.9 Å². The molecule has 0 aliphatic carbocycles. The second-order valence-electron chi connectivity index (χ2n) is 5.48. The lowest BCUT2D eigenvalue weighted by Crippen LogP contribution is -2.59. The summed E-state index contributed by atoms with van der Waals surface area (Å²) in [6.45, 7) is 2.62. The molecule has 2 aliphatic heterocycles. The predicted octanol–water partition coefficient (Wildman–Crippen LogP) is -0.502. The summed E-state index contributed by atoms with van der Waals surface area (Å²) in [6.07, 6.45) is 1.06. The maximum Gasteiger partial charge on any atom is 0.324 e. The highest BCUT2D eigenvalue weighted by Crippen LogP contribution is 2.30. The fourth-order valence-electron chi connectivity index (χ4n) is 2.66. The molecule has 6 heteroatoms. The van der Waals surface area contributed by atoms with Crippen LogP contribution in [0, 0.1) is 11.3 Å². The van der Waals surface area contributed by atoms with Crippen molar-refractivity contribution < 1.29 is 19.4 Å². The van der Waals surface area contributed by atoms with Crippen LogP contribution in [0.5, 0.6) is 0 Å². The SMILES string of the molecule is CN1CCC(CN(C)C(=O)C2(C(=O)O)COC2)C1. The lowest BCUT2D eigenvalue weighted by molar-refractivity contribution is -0.190. The molecule has 2 rings (SSSR count). The Labute approximate surface area is 106 Å². The van der Waals surface area contributed by atoms with Gasteiger partial charge in [0.1, 0.15) is 0 Å². The molecule has 2 aliphatic rings. The van der Waals surface area contributed by atoms with Crippen molar-refractivity contribution in [3.8, 4) is 0 Å². The first-order chi connectivity index (χ1) is 8.45. The molecule has 2 fully saturated rings. The Morgan fingerprint density at radius 1 is 1.50 bits per heavy atom. The number of rotatable bonds is 4. The van der Waals surface area contributed by atoms with Crippen molar-refractivity contribution in [2.24, 2.45) is 11.3 Å². The van der Waals surface area contributed by atoms with Gasteiger partial charge in [-0.05, 0) is 25.9 Å². The Morgan fingerprint density at radius 2 is 2.17 bits per heavy atom. The third-order valence-electron chi connectivity index (χ3n) is 3.88. The summed E-state index contributed by atoms with van der Waals surface area (Å²) in [5.41, 5.74) is -1.33. The maximum absolute atomic E-state index is 12.2. The molecule has 2 saturated heterocycles. The first-order valence-electron chi connectivity index (χ1n) is 6.21. The van der Waals surface area contributed by atoms with E-state index in [-0.39, 0.29) is 19.1 Å². The average molecular weight is 256 g/mol. The molecular weight excluding hydrogens is 236 g/mol. The zero-order valence-electron chi connectivity index (χ0n) is 10.9. The quantitative estimate of drug-likeness (QED) is 0.687. The number of amides is 1. The molecule has 102 valence electrons. The van der Waals surface area contributed by atoms with E-state index in [0.717, 1.165) is 19.5 Å². The first kappa shape index (κ1) is 13.3. The van der Waals surface area contributed by atoms with Crippen LogP contribution in [0.2, 0.25) is 0 Å². The second kappa shape index (κ2) is 4.85. The molecule has 0 saturated carbocycles. The molecular formula is C12H20N2O4. The van der Waals surface area contributed by atoms with Crippen molar-refractivity contribution in [1.82, 2.24) is 9.80 Å². The Bertz CT molecular complexity index is 354. The summed E-state index contributed by atoms with van der Waals surface area (Å²) in [6, 6.07) is 0. The van der Waals surface area contributed by atoms with E-state index in [0.29, 0.717) is 12.5 Å². The van der Waals surface area contributed by atoms with E-state index in [1.165, 1.54) is 0 Å². The van der Waals surface area contributed by atoms with E-state index in [9.17, 15) is 14.7 Å². The van der Waals surface area contributed by atoms with Gasteiger partial charge in [0, 0.05) is 20.1 Å². The highest BCUT2D eigenvalue weighted by molar-refractivity contribution is 6.03. The van der Waals surface area contributed by atoms with Gasteiger partial charge < -0.3 is 19.6 Å². The van der Waals surface area contributed by atoms with Gasteiger partial charge in [-0.3, -0.25) is 9.59 Å². The summed E-state index contributed by atoms with van der Waals surface area (Å²) >= 11 is 0. The normalized spacial score (nSPS) is 26.7. The molecule has 1 N–H and O–H groups in total. The van der Waals surface area contributed by atoms with Crippen LogP contribution in [0.3, 0.4) is 0 Å². The number of hydrogen-bond donors (Lipinski definition) is 1. The van der Waals surface area contributed by atoms with Crippen LogP contribution in [0.4, 0.5) is 0 Å². The number of carbonyl (C=O) groups excluding carboxylic acids is 1. The molecule has 0 bridgehead atoms. The van der Waals surface area contributed by atoms with Crippen LogP contribution in [0.25, 0.3) is 0 Å². The lowest BCUT2D eigenvalue weighted by Gasteiger charge is -2.39. The minimum absolute atomic E-state index is 0.00389. The Balaban J connectivity index is 1.94. The number of ether oxygens (including phenoxy) is 1. The van der Waals surface area contributed by atoms with Crippen LogP contribution >= 0.6 is 0 Å². The average Bonchev–Trinajstić information content (AvgIpc) is 2.61. The van der Waals surface area contributed by atoms with E-state index < -0.39 is 11.4 Å². The van der Waals surface area contributed by atoms with Gasteiger partial charge in [0.25, 0.3) is 0 Å². The third kappa shape index (κ3) is 2.22. The van der Waals surface area contributed by atoms with Crippen LogP contribution in [0.1, 0.15) is 6.42 Å². The summed E-state index contributed by atoms with van der Waals surface area (Å²) < 4.78 is 4.92. The molecule has 2 heterocycles. The molecule has 0 spiro atoms. The van der Waals surface area contributed by atoms with Gasteiger partial charge >= 0.3 is 5.97 Å². The van der Waals surface area contributed by atoms with E-state index in [2.05, 4.69) is 11.9 Å². The summed E-state index contributed by atoms with van der Waals surface area (Å²) in [4.78, 5) is 27.2. The van der Waals surface area contributed by atoms with E-state index in [1.807, 2.05) is 0 Å². The first-order valence-corrected chi connectivity index (χ1v) is 6.21. The van der Waals surface area contributed by atoms with Gasteiger partial charge in [-0.15, -0.1) is 0 Å². The van der Waals surface area contributed by atoms with Crippen molar-refractivity contribution in [2.45, 2.75) is 6.42 Å². The zero-order valence-corrected chi connectivity index (χ0v) is 10.9. The minimum atomic E-state index is -1.33. The monoisotopic (exact) mass is 256 g/mol. The Morgan fingerprint density at radius 3 is 2.56 bits per heavy atom. The Kier molecular flexibility index (Phi) is 3.59. The minimum Gasteiger partial charge on any atom is -0.480 e. The molecule has 6 nitrogen and oxygen atoms in total. The van der Waals surface area contributed by atoms with Crippen LogP contribution < -0.4 is 0 Å². The number of carboxylic acid groups (broad SMARTS) is 1. The van der Waals surface area contributed by atoms with Gasteiger partial charge in [0.15, 0.2) is 5.41 Å². The highest BCUT2D eigenvalue weighted by Gasteiger charge is 2.54.